The number of rotatable bonds is 6. The molecule has 6 heteroatoms. The molecule has 2 aliphatic carbocycles. The molecule has 3 heterocycles. The van der Waals surface area contributed by atoms with Crippen molar-refractivity contribution in [1.29, 1.82) is 0 Å². The summed E-state index contributed by atoms with van der Waals surface area (Å²) in [6.07, 6.45) is 11.9. The maximum Gasteiger partial charge on any atom is 0.0738 e. The molecule has 3 aliphatic rings. The quantitative estimate of drug-likeness (QED) is 0.715. The molecule has 1 saturated carbocycles. The number of fused-ring (bicyclic) bond motifs is 1. The number of nitrogens with zero attached hydrogens (tertiary/aromatic N) is 3. The third-order valence-electron chi connectivity index (χ3n) is 7.05. The number of hydrogen-bond donors (Lipinski definition) is 2. The van der Waals surface area contributed by atoms with Crippen LogP contribution in [0.1, 0.15) is 55.8 Å². The second-order valence-electron chi connectivity index (χ2n) is 9.33. The normalized spacial score (nSPS) is 23.6. The van der Waals surface area contributed by atoms with Crippen molar-refractivity contribution in [3.05, 3.63) is 46.9 Å². The van der Waals surface area contributed by atoms with Gasteiger partial charge in [0, 0.05) is 55.6 Å². The molecule has 0 amide bonds. The van der Waals surface area contributed by atoms with Crippen LogP contribution in [0.15, 0.2) is 30.1 Å². The molecule has 32 heavy (non-hydrogen) atoms. The lowest BCUT2D eigenvalue weighted by Crippen LogP contribution is -2.35. The van der Waals surface area contributed by atoms with Gasteiger partial charge in [-0.15, -0.1) is 0 Å². The summed E-state index contributed by atoms with van der Waals surface area (Å²) >= 11 is 0. The average Bonchev–Trinajstić information content (AvgIpc) is 3.26. The SMILES string of the molecule is CCC1=Cc2c(ncc(-c3ccc(CN4CCOCC4)cn3)c2NC2CCC(O)CC2)C1. The van der Waals surface area contributed by atoms with Gasteiger partial charge in [-0.1, -0.05) is 24.6 Å². The summed E-state index contributed by atoms with van der Waals surface area (Å²) in [5.74, 6) is 0. The van der Waals surface area contributed by atoms with E-state index in [1.165, 1.54) is 16.7 Å². The molecule has 0 unspecified atom stereocenters. The van der Waals surface area contributed by atoms with Gasteiger partial charge < -0.3 is 15.2 Å². The molecule has 1 aliphatic heterocycles. The first-order valence-electron chi connectivity index (χ1n) is 12.1. The van der Waals surface area contributed by atoms with Crippen molar-refractivity contribution in [3.63, 3.8) is 0 Å². The Morgan fingerprint density at radius 2 is 1.91 bits per heavy atom. The van der Waals surface area contributed by atoms with Gasteiger partial charge in [-0.05, 0) is 43.7 Å². The van der Waals surface area contributed by atoms with E-state index in [2.05, 4.69) is 35.3 Å². The largest absolute Gasteiger partial charge is 0.393 e. The van der Waals surface area contributed by atoms with Crippen molar-refractivity contribution in [2.24, 2.45) is 0 Å². The van der Waals surface area contributed by atoms with E-state index in [4.69, 9.17) is 14.7 Å². The van der Waals surface area contributed by atoms with Crippen LogP contribution < -0.4 is 5.32 Å². The first kappa shape index (κ1) is 21.6. The molecule has 0 bridgehead atoms. The van der Waals surface area contributed by atoms with Crippen LogP contribution in [-0.4, -0.2) is 58.4 Å². The predicted octanol–water partition coefficient (Wildman–Crippen LogP) is 4.04. The molecule has 2 aromatic rings. The molecule has 0 atom stereocenters. The van der Waals surface area contributed by atoms with Crippen LogP contribution >= 0.6 is 0 Å². The Hall–Kier alpha value is -2.28. The van der Waals surface area contributed by atoms with E-state index >= 15 is 0 Å². The summed E-state index contributed by atoms with van der Waals surface area (Å²) in [5.41, 5.74) is 8.24. The maximum absolute atomic E-state index is 9.92. The topological polar surface area (TPSA) is 70.5 Å². The summed E-state index contributed by atoms with van der Waals surface area (Å²) in [4.78, 5) is 12.1. The highest BCUT2D eigenvalue weighted by atomic mass is 16.5. The van der Waals surface area contributed by atoms with Crippen molar-refractivity contribution in [3.8, 4) is 11.3 Å². The Kier molecular flexibility index (Phi) is 6.53. The number of pyridine rings is 2. The van der Waals surface area contributed by atoms with Crippen LogP contribution in [-0.2, 0) is 17.7 Å². The van der Waals surface area contributed by atoms with Gasteiger partial charge in [-0.2, -0.15) is 0 Å². The monoisotopic (exact) mass is 434 g/mol. The van der Waals surface area contributed by atoms with Crippen molar-refractivity contribution in [2.45, 2.75) is 64.1 Å². The summed E-state index contributed by atoms with van der Waals surface area (Å²) in [6.45, 7) is 6.71. The minimum atomic E-state index is -0.150. The number of hydrogen-bond acceptors (Lipinski definition) is 6. The molecule has 170 valence electrons. The Morgan fingerprint density at radius 3 is 2.62 bits per heavy atom. The van der Waals surface area contributed by atoms with Gasteiger partial charge in [0.25, 0.3) is 0 Å². The maximum atomic E-state index is 9.92. The molecule has 0 spiro atoms. The van der Waals surface area contributed by atoms with E-state index in [0.29, 0.717) is 6.04 Å². The predicted molar refractivity (Wildman–Crippen MR) is 127 cm³/mol. The lowest BCUT2D eigenvalue weighted by Gasteiger charge is -2.29. The fourth-order valence-corrected chi connectivity index (χ4v) is 5.03. The third kappa shape index (κ3) is 4.72. The molecular weight excluding hydrogens is 400 g/mol. The molecule has 2 aromatic heterocycles. The highest BCUT2D eigenvalue weighted by Crippen LogP contribution is 2.38. The molecule has 5 rings (SSSR count). The van der Waals surface area contributed by atoms with Gasteiger partial charge in [0.1, 0.15) is 0 Å². The molecular formula is C26H34N4O2. The number of anilines is 1. The smallest absolute Gasteiger partial charge is 0.0738 e. The molecule has 2 fully saturated rings. The molecule has 2 N–H and O–H groups in total. The molecule has 0 radical (unpaired) electrons. The first-order chi connectivity index (χ1) is 15.7. The van der Waals surface area contributed by atoms with Gasteiger partial charge >= 0.3 is 0 Å². The van der Waals surface area contributed by atoms with Crippen molar-refractivity contribution < 1.29 is 9.84 Å². The standard InChI is InChI=1S/C26H34N4O2/c1-2-18-13-22-25(14-18)28-16-23(26(22)29-20-4-6-21(31)7-5-20)24-8-3-19(15-27-24)17-30-9-11-32-12-10-30/h3,8,13,15-16,20-21,31H,2,4-7,9-12,14,17H2,1H3,(H,28,29). The molecule has 1 saturated heterocycles. The lowest BCUT2D eigenvalue weighted by molar-refractivity contribution is 0.0341. The van der Waals surface area contributed by atoms with Gasteiger partial charge in [0.2, 0.25) is 0 Å². The van der Waals surface area contributed by atoms with E-state index in [1.54, 1.807) is 0 Å². The van der Waals surface area contributed by atoms with Crippen LogP contribution in [0.25, 0.3) is 17.3 Å². The zero-order chi connectivity index (χ0) is 21.9. The minimum absolute atomic E-state index is 0.150. The lowest BCUT2D eigenvalue weighted by atomic mass is 9.92. The summed E-state index contributed by atoms with van der Waals surface area (Å²) in [5, 5.41) is 13.8. The van der Waals surface area contributed by atoms with E-state index in [-0.39, 0.29) is 6.10 Å². The van der Waals surface area contributed by atoms with Crippen molar-refractivity contribution in [1.82, 2.24) is 14.9 Å². The average molecular weight is 435 g/mol. The van der Waals surface area contributed by atoms with Crippen LogP contribution in [0.2, 0.25) is 0 Å². The fraction of sp³-hybridized carbons (Fsp3) is 0.538. The van der Waals surface area contributed by atoms with Gasteiger partial charge in [0.15, 0.2) is 0 Å². The zero-order valence-electron chi connectivity index (χ0n) is 19.0. The number of aromatic nitrogens is 2. The minimum Gasteiger partial charge on any atom is -0.393 e. The second kappa shape index (κ2) is 9.69. The highest BCUT2D eigenvalue weighted by molar-refractivity contribution is 5.86. The molecule has 0 aromatic carbocycles. The Balaban J connectivity index is 1.42. The number of ether oxygens (including phenoxy) is 1. The van der Waals surface area contributed by atoms with Gasteiger partial charge in [-0.3, -0.25) is 14.9 Å². The van der Waals surface area contributed by atoms with Gasteiger partial charge in [-0.25, -0.2) is 0 Å². The van der Waals surface area contributed by atoms with E-state index < -0.39 is 0 Å². The van der Waals surface area contributed by atoms with E-state index in [1.807, 2.05) is 12.4 Å². The third-order valence-corrected chi connectivity index (χ3v) is 7.05. The van der Waals surface area contributed by atoms with Crippen LogP contribution in [0.4, 0.5) is 5.69 Å². The number of morpholine rings is 1. The second-order valence-corrected chi connectivity index (χ2v) is 9.33. The Morgan fingerprint density at radius 1 is 1.09 bits per heavy atom. The summed E-state index contributed by atoms with van der Waals surface area (Å²) in [7, 11) is 0. The Labute approximate surface area is 190 Å². The number of allylic oxidation sites excluding steroid dienone is 1. The van der Waals surface area contributed by atoms with Gasteiger partial charge in [0.05, 0.1) is 36.4 Å². The number of aliphatic hydroxyl groups excluding tert-OH is 1. The number of aliphatic hydroxyl groups is 1. The van der Waals surface area contributed by atoms with Crippen LogP contribution in [0, 0.1) is 0 Å². The van der Waals surface area contributed by atoms with Crippen LogP contribution in [0.3, 0.4) is 0 Å². The zero-order valence-corrected chi connectivity index (χ0v) is 19.0. The number of nitrogens with one attached hydrogen (secondary N) is 1. The highest BCUT2D eigenvalue weighted by Gasteiger charge is 2.25. The fourth-order valence-electron chi connectivity index (χ4n) is 5.03. The summed E-state index contributed by atoms with van der Waals surface area (Å²) in [6, 6.07) is 4.70. The van der Waals surface area contributed by atoms with Crippen molar-refractivity contribution >= 4 is 11.8 Å². The molecule has 6 nitrogen and oxygen atoms in total. The van der Waals surface area contributed by atoms with E-state index in [0.717, 1.165) is 94.0 Å². The first-order valence-corrected chi connectivity index (χ1v) is 12.1. The summed E-state index contributed by atoms with van der Waals surface area (Å²) < 4.78 is 5.46. The van der Waals surface area contributed by atoms with Crippen molar-refractivity contribution in [2.75, 3.05) is 31.6 Å². The Bertz CT molecular complexity index is 959. The van der Waals surface area contributed by atoms with Crippen LogP contribution in [0.5, 0.6) is 0 Å². The van der Waals surface area contributed by atoms with E-state index in [9.17, 15) is 5.11 Å².